The third kappa shape index (κ3) is 2.33. The zero-order valence-electron chi connectivity index (χ0n) is 7.79. The number of aliphatic imine (C=N–C) groups is 1. The molecule has 0 saturated carbocycles. The van der Waals surface area contributed by atoms with E-state index in [-0.39, 0.29) is 0 Å². The lowest BCUT2D eigenvalue weighted by molar-refractivity contribution is 0.0526. The molecule has 1 rings (SSSR count). The number of hydrogen-bond acceptors (Lipinski definition) is 3. The first kappa shape index (κ1) is 10.7. The van der Waals surface area contributed by atoms with Gasteiger partial charge < -0.3 is 4.74 Å². The summed E-state index contributed by atoms with van der Waals surface area (Å²) in [7, 11) is 0. The minimum Gasteiger partial charge on any atom is -0.462 e. The molecule has 0 saturated heterocycles. The number of nitrogens with zero attached hydrogens (tertiary/aromatic N) is 1. The summed E-state index contributed by atoms with van der Waals surface area (Å²) in [5.74, 6) is -0.442. The molecule has 0 aromatic heterocycles. The fourth-order valence-corrected chi connectivity index (χ4v) is 1.17. The summed E-state index contributed by atoms with van der Waals surface area (Å²) < 4.78 is 4.82. The Balaban J connectivity index is 3.05. The second-order valence-electron chi connectivity index (χ2n) is 2.54. The van der Waals surface area contributed by atoms with Crippen LogP contribution in [-0.2, 0) is 4.74 Å². The molecular weight excluding hydrogens is 202 g/mol. The molecule has 0 heterocycles. The van der Waals surface area contributed by atoms with E-state index in [1.165, 1.54) is 0 Å². The van der Waals surface area contributed by atoms with E-state index in [0.29, 0.717) is 22.9 Å². The predicted molar refractivity (Wildman–Crippen MR) is 56.6 cm³/mol. The van der Waals surface area contributed by atoms with Crippen LogP contribution in [-0.4, -0.2) is 19.3 Å². The molecule has 1 aromatic carbocycles. The first-order chi connectivity index (χ1) is 6.69. The lowest BCUT2D eigenvalue weighted by Gasteiger charge is -2.04. The summed E-state index contributed by atoms with van der Waals surface area (Å²) in [5, 5.41) is 0.357. The molecule has 0 amide bonds. The minimum atomic E-state index is -0.442. The molecule has 3 nitrogen and oxygen atoms in total. The molecule has 0 aliphatic carbocycles. The Kier molecular flexibility index (Phi) is 3.65. The van der Waals surface area contributed by atoms with Crippen LogP contribution in [0.25, 0.3) is 0 Å². The molecule has 0 bridgehead atoms. The van der Waals surface area contributed by atoms with Gasteiger partial charge in [-0.25, -0.2) is 4.79 Å². The normalized spacial score (nSPS) is 9.57. The van der Waals surface area contributed by atoms with Crippen molar-refractivity contribution >= 4 is 30.0 Å². The number of benzene rings is 1. The summed E-state index contributed by atoms with van der Waals surface area (Å²) >= 11 is 5.82. The van der Waals surface area contributed by atoms with E-state index in [1.54, 1.807) is 25.1 Å². The van der Waals surface area contributed by atoms with Crippen molar-refractivity contribution in [3.8, 4) is 0 Å². The lowest BCUT2D eigenvalue weighted by Crippen LogP contribution is -2.04. The number of rotatable bonds is 3. The maximum absolute atomic E-state index is 11.4. The van der Waals surface area contributed by atoms with Crippen molar-refractivity contribution in [1.82, 2.24) is 0 Å². The van der Waals surface area contributed by atoms with Gasteiger partial charge >= 0.3 is 5.97 Å². The van der Waals surface area contributed by atoms with Crippen LogP contribution in [0.2, 0.25) is 5.02 Å². The van der Waals surface area contributed by atoms with Gasteiger partial charge in [-0.2, -0.15) is 0 Å². The summed E-state index contributed by atoms with van der Waals surface area (Å²) in [6.07, 6.45) is 0. The van der Waals surface area contributed by atoms with Gasteiger partial charge in [0.25, 0.3) is 0 Å². The zero-order valence-corrected chi connectivity index (χ0v) is 8.54. The number of carbonyl (C=O) groups is 1. The van der Waals surface area contributed by atoms with Crippen molar-refractivity contribution in [2.24, 2.45) is 4.99 Å². The Labute approximate surface area is 87.4 Å². The van der Waals surface area contributed by atoms with Crippen molar-refractivity contribution in [3.63, 3.8) is 0 Å². The van der Waals surface area contributed by atoms with E-state index < -0.39 is 5.97 Å². The Bertz CT molecular complexity index is 363. The molecule has 0 spiro atoms. The molecule has 0 unspecified atom stereocenters. The second-order valence-corrected chi connectivity index (χ2v) is 2.95. The van der Waals surface area contributed by atoms with Gasteiger partial charge in [-0.1, -0.05) is 11.6 Å². The standard InChI is InChI=1S/C10H10ClNO2/c1-3-14-10(13)8-6-7(12-2)4-5-9(8)11/h4-6H,2-3H2,1H3. The fourth-order valence-electron chi connectivity index (χ4n) is 0.977. The average molecular weight is 212 g/mol. The zero-order chi connectivity index (χ0) is 10.6. The second kappa shape index (κ2) is 4.77. The molecule has 0 atom stereocenters. The molecule has 1 aromatic rings. The van der Waals surface area contributed by atoms with Gasteiger partial charge in [0.1, 0.15) is 0 Å². The van der Waals surface area contributed by atoms with Crippen molar-refractivity contribution in [2.45, 2.75) is 6.92 Å². The molecule has 0 radical (unpaired) electrons. The summed E-state index contributed by atoms with van der Waals surface area (Å²) in [4.78, 5) is 15.1. The molecular formula is C10H10ClNO2. The predicted octanol–water partition coefficient (Wildman–Crippen LogP) is 2.85. The van der Waals surface area contributed by atoms with E-state index >= 15 is 0 Å². The number of ether oxygens (including phenoxy) is 1. The van der Waals surface area contributed by atoms with E-state index in [1.807, 2.05) is 0 Å². The maximum Gasteiger partial charge on any atom is 0.339 e. The Morgan fingerprint density at radius 1 is 1.64 bits per heavy atom. The Hall–Kier alpha value is -1.35. The lowest BCUT2D eigenvalue weighted by atomic mass is 10.2. The minimum absolute atomic E-state index is 0.318. The van der Waals surface area contributed by atoms with Crippen LogP contribution in [0.15, 0.2) is 23.2 Å². The van der Waals surface area contributed by atoms with Crippen molar-refractivity contribution < 1.29 is 9.53 Å². The van der Waals surface area contributed by atoms with Gasteiger partial charge in [0.05, 0.1) is 22.9 Å². The van der Waals surface area contributed by atoms with Crippen LogP contribution in [0.5, 0.6) is 0 Å². The quantitative estimate of drug-likeness (QED) is 0.570. The van der Waals surface area contributed by atoms with E-state index in [2.05, 4.69) is 11.7 Å². The van der Waals surface area contributed by atoms with Gasteiger partial charge in [-0.3, -0.25) is 4.99 Å². The molecule has 0 aliphatic heterocycles. The summed E-state index contributed by atoms with van der Waals surface area (Å²) in [5.41, 5.74) is 0.913. The van der Waals surface area contributed by atoms with Crippen molar-refractivity contribution in [2.75, 3.05) is 6.61 Å². The molecule has 4 heteroatoms. The van der Waals surface area contributed by atoms with Gasteiger partial charge in [0, 0.05) is 0 Å². The molecule has 14 heavy (non-hydrogen) atoms. The van der Waals surface area contributed by atoms with Gasteiger partial charge in [0.2, 0.25) is 0 Å². The van der Waals surface area contributed by atoms with Crippen LogP contribution >= 0.6 is 11.6 Å². The summed E-state index contributed by atoms with van der Waals surface area (Å²) in [6.45, 7) is 5.42. The largest absolute Gasteiger partial charge is 0.462 e. The first-order valence-electron chi connectivity index (χ1n) is 4.12. The van der Waals surface area contributed by atoms with Crippen LogP contribution < -0.4 is 0 Å². The maximum atomic E-state index is 11.4. The van der Waals surface area contributed by atoms with Gasteiger partial charge in [-0.15, -0.1) is 0 Å². The number of halogens is 1. The summed E-state index contributed by atoms with van der Waals surface area (Å²) in [6, 6.07) is 4.82. The topological polar surface area (TPSA) is 38.7 Å². The highest BCUT2D eigenvalue weighted by molar-refractivity contribution is 6.33. The molecule has 0 N–H and O–H groups in total. The molecule has 74 valence electrons. The van der Waals surface area contributed by atoms with Crippen LogP contribution in [0.4, 0.5) is 5.69 Å². The van der Waals surface area contributed by atoms with Crippen LogP contribution in [0.3, 0.4) is 0 Å². The van der Waals surface area contributed by atoms with Crippen LogP contribution in [0, 0.1) is 0 Å². The highest BCUT2D eigenvalue weighted by Gasteiger charge is 2.11. The molecule has 0 aliphatic rings. The Morgan fingerprint density at radius 3 is 2.93 bits per heavy atom. The SMILES string of the molecule is C=Nc1ccc(Cl)c(C(=O)OCC)c1. The molecule has 0 fully saturated rings. The van der Waals surface area contributed by atoms with Crippen LogP contribution in [0.1, 0.15) is 17.3 Å². The first-order valence-corrected chi connectivity index (χ1v) is 4.50. The fraction of sp³-hybridized carbons (Fsp3) is 0.200. The monoisotopic (exact) mass is 211 g/mol. The number of esters is 1. The van der Waals surface area contributed by atoms with Gasteiger partial charge in [0.15, 0.2) is 0 Å². The highest BCUT2D eigenvalue weighted by Crippen LogP contribution is 2.22. The smallest absolute Gasteiger partial charge is 0.339 e. The number of hydrogen-bond donors (Lipinski definition) is 0. The van der Waals surface area contributed by atoms with E-state index in [4.69, 9.17) is 16.3 Å². The third-order valence-corrected chi connectivity index (χ3v) is 1.96. The highest BCUT2D eigenvalue weighted by atomic mass is 35.5. The van der Waals surface area contributed by atoms with Gasteiger partial charge in [-0.05, 0) is 31.8 Å². The van der Waals surface area contributed by atoms with Crippen molar-refractivity contribution in [1.29, 1.82) is 0 Å². The van der Waals surface area contributed by atoms with Crippen molar-refractivity contribution in [3.05, 3.63) is 28.8 Å². The third-order valence-electron chi connectivity index (χ3n) is 1.63. The average Bonchev–Trinajstić information content (AvgIpc) is 2.19. The Morgan fingerprint density at radius 2 is 2.36 bits per heavy atom. The van der Waals surface area contributed by atoms with E-state index in [9.17, 15) is 4.79 Å². The number of carbonyl (C=O) groups excluding carboxylic acids is 1. The van der Waals surface area contributed by atoms with E-state index in [0.717, 1.165) is 0 Å².